The number of halogens is 1. The van der Waals surface area contributed by atoms with Crippen LogP contribution in [0.2, 0.25) is 0 Å². The third kappa shape index (κ3) is 3.67. The van der Waals surface area contributed by atoms with E-state index in [1.54, 1.807) is 0 Å². The Kier molecular flexibility index (Phi) is 5.01. The fourth-order valence-electron chi connectivity index (χ4n) is 1.50. The quantitative estimate of drug-likeness (QED) is 0.701. The first kappa shape index (κ1) is 15.4. The van der Waals surface area contributed by atoms with Crippen LogP contribution in [-0.4, -0.2) is 41.2 Å². The van der Waals surface area contributed by atoms with E-state index in [1.807, 2.05) is 5.32 Å². The molecule has 0 saturated carbocycles. The molecule has 0 spiro atoms. The Balaban J connectivity index is 3.00. The molecule has 1 amide bonds. The molecule has 0 heterocycles. The van der Waals surface area contributed by atoms with Crippen LogP contribution in [0.15, 0.2) is 18.2 Å². The Bertz CT molecular complexity index is 545. The van der Waals surface area contributed by atoms with Gasteiger partial charge in [-0.25, -0.2) is 9.18 Å². The van der Waals surface area contributed by atoms with Crippen LogP contribution in [0.3, 0.4) is 0 Å². The highest BCUT2D eigenvalue weighted by molar-refractivity contribution is 5.99. The third-order valence-corrected chi connectivity index (χ3v) is 2.40. The number of hydrogen-bond acceptors (Lipinski definition) is 4. The predicted molar refractivity (Wildman–Crippen MR) is 64.1 cm³/mol. The fourth-order valence-corrected chi connectivity index (χ4v) is 1.50. The molecule has 0 aromatic heterocycles. The Morgan fingerprint density at radius 1 is 1.35 bits per heavy atom. The summed E-state index contributed by atoms with van der Waals surface area (Å²) < 4.78 is 18.4. The number of carboxylic acid groups (broad SMARTS) is 2. The molecule has 0 aliphatic carbocycles. The summed E-state index contributed by atoms with van der Waals surface area (Å²) in [7, 11) is 1.22. The summed E-state index contributed by atoms with van der Waals surface area (Å²) in [5.41, 5.74) is -0.480. The number of carboxylic acids is 2. The lowest BCUT2D eigenvalue weighted by molar-refractivity contribution is -0.145. The zero-order chi connectivity index (χ0) is 15.3. The highest BCUT2D eigenvalue weighted by Gasteiger charge is 2.26. The zero-order valence-electron chi connectivity index (χ0n) is 10.4. The Morgan fingerprint density at radius 3 is 2.50 bits per heavy atom. The number of amides is 1. The van der Waals surface area contributed by atoms with Crippen LogP contribution < -0.4 is 10.1 Å². The number of nitrogens with one attached hydrogen (secondary N) is 1. The molecular formula is C12H12FNO6. The maximum absolute atomic E-state index is 13.6. The van der Waals surface area contributed by atoms with Gasteiger partial charge < -0.3 is 20.3 Å². The van der Waals surface area contributed by atoms with Gasteiger partial charge in [-0.1, -0.05) is 6.07 Å². The molecule has 1 aromatic carbocycles. The van der Waals surface area contributed by atoms with Gasteiger partial charge in [-0.2, -0.15) is 0 Å². The predicted octanol–water partition coefficient (Wildman–Crippen LogP) is 0.492. The van der Waals surface area contributed by atoms with E-state index in [0.717, 1.165) is 6.07 Å². The van der Waals surface area contributed by atoms with E-state index < -0.39 is 41.7 Å². The number of ether oxygens (including phenoxy) is 1. The van der Waals surface area contributed by atoms with Gasteiger partial charge in [0.2, 0.25) is 0 Å². The molecule has 0 radical (unpaired) electrons. The highest BCUT2D eigenvalue weighted by Crippen LogP contribution is 2.21. The molecule has 20 heavy (non-hydrogen) atoms. The summed E-state index contributed by atoms with van der Waals surface area (Å²) in [6.45, 7) is 0. The first-order valence-electron chi connectivity index (χ1n) is 5.44. The molecule has 1 atom stereocenters. The molecule has 108 valence electrons. The van der Waals surface area contributed by atoms with Gasteiger partial charge in [-0.05, 0) is 12.1 Å². The molecule has 0 bridgehead atoms. The second-order valence-electron chi connectivity index (χ2n) is 3.78. The second-order valence-corrected chi connectivity index (χ2v) is 3.78. The SMILES string of the molecule is COc1cccc(F)c1C(=O)N[C@H](CC(=O)O)C(=O)O. The van der Waals surface area contributed by atoms with Crippen molar-refractivity contribution in [2.75, 3.05) is 7.11 Å². The minimum absolute atomic E-state index is 0.0815. The highest BCUT2D eigenvalue weighted by atomic mass is 19.1. The first-order valence-corrected chi connectivity index (χ1v) is 5.44. The van der Waals surface area contributed by atoms with Gasteiger partial charge in [0.15, 0.2) is 0 Å². The maximum atomic E-state index is 13.6. The summed E-state index contributed by atoms with van der Waals surface area (Å²) in [6.07, 6.45) is -0.822. The molecule has 1 aromatic rings. The van der Waals surface area contributed by atoms with Crippen molar-refractivity contribution in [3.05, 3.63) is 29.6 Å². The molecule has 0 unspecified atom stereocenters. The third-order valence-electron chi connectivity index (χ3n) is 2.40. The van der Waals surface area contributed by atoms with Crippen LogP contribution in [0, 0.1) is 5.82 Å². The Labute approximate surface area is 113 Å². The standard InChI is InChI=1S/C12H12FNO6/c1-20-8-4-2-3-6(13)10(8)11(17)14-7(12(18)19)5-9(15)16/h2-4,7H,5H2,1H3,(H,14,17)(H,15,16)(H,18,19)/t7-/m1/s1. The Hall–Kier alpha value is -2.64. The van der Waals surface area contributed by atoms with E-state index in [2.05, 4.69) is 0 Å². The molecule has 1 rings (SSSR count). The summed E-state index contributed by atoms with van der Waals surface area (Å²) in [6, 6.07) is 1.98. The van der Waals surface area contributed by atoms with Crippen LogP contribution in [0.4, 0.5) is 4.39 Å². The molecule has 0 fully saturated rings. The smallest absolute Gasteiger partial charge is 0.326 e. The number of hydrogen-bond donors (Lipinski definition) is 3. The number of carbonyl (C=O) groups is 3. The number of aliphatic carboxylic acids is 2. The van der Waals surface area contributed by atoms with Crippen molar-refractivity contribution in [1.29, 1.82) is 0 Å². The van der Waals surface area contributed by atoms with Crippen molar-refractivity contribution in [2.24, 2.45) is 0 Å². The van der Waals surface area contributed by atoms with Crippen LogP contribution >= 0.6 is 0 Å². The molecular weight excluding hydrogens is 273 g/mol. The van der Waals surface area contributed by atoms with Gasteiger partial charge >= 0.3 is 11.9 Å². The van der Waals surface area contributed by atoms with Crippen molar-refractivity contribution in [2.45, 2.75) is 12.5 Å². The minimum Gasteiger partial charge on any atom is -0.496 e. The van der Waals surface area contributed by atoms with Crippen molar-refractivity contribution in [3.63, 3.8) is 0 Å². The van der Waals surface area contributed by atoms with Crippen LogP contribution in [0.25, 0.3) is 0 Å². The van der Waals surface area contributed by atoms with Gasteiger partial charge in [0, 0.05) is 0 Å². The number of carbonyl (C=O) groups excluding carboxylic acids is 1. The molecule has 8 heteroatoms. The van der Waals surface area contributed by atoms with E-state index in [0.29, 0.717) is 0 Å². The first-order chi connectivity index (χ1) is 9.36. The van der Waals surface area contributed by atoms with Crippen LogP contribution in [0.1, 0.15) is 16.8 Å². The van der Waals surface area contributed by atoms with Crippen LogP contribution in [-0.2, 0) is 9.59 Å². The summed E-state index contributed by atoms with van der Waals surface area (Å²) in [5.74, 6) is -4.98. The van der Waals surface area contributed by atoms with Gasteiger partial charge in [-0.3, -0.25) is 9.59 Å². The van der Waals surface area contributed by atoms with Crippen molar-refractivity contribution in [1.82, 2.24) is 5.32 Å². The van der Waals surface area contributed by atoms with Crippen molar-refractivity contribution in [3.8, 4) is 5.75 Å². The lowest BCUT2D eigenvalue weighted by Crippen LogP contribution is -2.42. The van der Waals surface area contributed by atoms with Crippen LogP contribution in [0.5, 0.6) is 5.75 Å². The monoisotopic (exact) mass is 285 g/mol. The average molecular weight is 285 g/mol. The molecule has 0 saturated heterocycles. The van der Waals surface area contributed by atoms with E-state index in [-0.39, 0.29) is 5.75 Å². The number of benzene rings is 1. The van der Waals surface area contributed by atoms with E-state index >= 15 is 0 Å². The van der Waals surface area contributed by atoms with Gasteiger partial charge in [0.1, 0.15) is 23.2 Å². The zero-order valence-corrected chi connectivity index (χ0v) is 10.4. The summed E-state index contributed by atoms with van der Waals surface area (Å²) in [4.78, 5) is 33.2. The topological polar surface area (TPSA) is 113 Å². The van der Waals surface area contributed by atoms with Gasteiger partial charge in [-0.15, -0.1) is 0 Å². The largest absolute Gasteiger partial charge is 0.496 e. The van der Waals surface area contributed by atoms with E-state index in [4.69, 9.17) is 14.9 Å². The fraction of sp³-hybridized carbons (Fsp3) is 0.250. The Morgan fingerprint density at radius 2 is 2.00 bits per heavy atom. The summed E-state index contributed by atoms with van der Waals surface area (Å²) >= 11 is 0. The lowest BCUT2D eigenvalue weighted by atomic mass is 10.1. The maximum Gasteiger partial charge on any atom is 0.326 e. The minimum atomic E-state index is -1.66. The van der Waals surface area contributed by atoms with E-state index in [1.165, 1.54) is 19.2 Å². The second kappa shape index (κ2) is 6.50. The number of methoxy groups -OCH3 is 1. The lowest BCUT2D eigenvalue weighted by Gasteiger charge is -2.14. The van der Waals surface area contributed by atoms with Crippen molar-refractivity contribution >= 4 is 17.8 Å². The normalized spacial score (nSPS) is 11.5. The average Bonchev–Trinajstić information content (AvgIpc) is 2.36. The van der Waals surface area contributed by atoms with E-state index in [9.17, 15) is 18.8 Å². The van der Waals surface area contributed by atoms with Gasteiger partial charge in [0.05, 0.1) is 13.5 Å². The molecule has 3 N–H and O–H groups in total. The number of rotatable bonds is 6. The molecule has 0 aliphatic rings. The molecule has 7 nitrogen and oxygen atoms in total. The summed E-state index contributed by atoms with van der Waals surface area (Å²) in [5, 5.41) is 19.3. The van der Waals surface area contributed by atoms with Crippen molar-refractivity contribution < 1.29 is 33.7 Å². The molecule has 0 aliphatic heterocycles. The van der Waals surface area contributed by atoms with Gasteiger partial charge in [0.25, 0.3) is 5.91 Å².